The topological polar surface area (TPSA) is 12.4 Å². The van der Waals surface area contributed by atoms with Crippen LogP contribution in [0, 0.1) is 0 Å². The average Bonchev–Trinajstić information content (AvgIpc) is 2.17. The Balaban J connectivity index is 2.56. The highest BCUT2D eigenvalue weighted by atomic mass is 14.8. The minimum atomic E-state index is 0.514. The number of nitrogens with zero attached hydrogens (tertiary/aromatic N) is 1. The molecular formula is C11H13N. The van der Waals surface area contributed by atoms with Gasteiger partial charge in [-0.25, -0.2) is 0 Å². The summed E-state index contributed by atoms with van der Waals surface area (Å²) in [5.41, 5.74) is 0. The second-order valence-electron chi connectivity index (χ2n) is 3.19. The zero-order valence-electron chi connectivity index (χ0n) is 7.33. The average molecular weight is 159 g/mol. The second-order valence-corrected chi connectivity index (χ2v) is 3.19. The molecule has 0 aromatic heterocycles. The van der Waals surface area contributed by atoms with E-state index in [1.54, 1.807) is 0 Å². The van der Waals surface area contributed by atoms with E-state index in [2.05, 4.69) is 36.2 Å². The lowest BCUT2D eigenvalue weighted by Gasteiger charge is -2.09. The Morgan fingerprint density at radius 1 is 1.42 bits per heavy atom. The predicted molar refractivity (Wildman–Crippen MR) is 50.4 cm³/mol. The lowest BCUT2D eigenvalue weighted by atomic mass is 10.1. The molecule has 12 heavy (non-hydrogen) atoms. The summed E-state index contributed by atoms with van der Waals surface area (Å²) in [6.45, 7) is 2.19. The highest BCUT2D eigenvalue weighted by molar-refractivity contribution is 5.26. The lowest BCUT2D eigenvalue weighted by molar-refractivity contribution is 0.648. The van der Waals surface area contributed by atoms with E-state index in [1.807, 2.05) is 6.07 Å². The zero-order valence-corrected chi connectivity index (χ0v) is 7.33. The van der Waals surface area contributed by atoms with Crippen LogP contribution in [-0.2, 0) is 0 Å². The molecule has 1 heterocycles. The quantitative estimate of drug-likeness (QED) is 0.585. The van der Waals surface area contributed by atoms with E-state index >= 15 is 0 Å². The fourth-order valence-corrected chi connectivity index (χ4v) is 1.55. The molecule has 0 saturated heterocycles. The van der Waals surface area contributed by atoms with Gasteiger partial charge in [-0.1, -0.05) is 31.2 Å². The predicted octanol–water partition coefficient (Wildman–Crippen LogP) is 1.27. The summed E-state index contributed by atoms with van der Waals surface area (Å²) < 4.78 is 0. The van der Waals surface area contributed by atoms with Gasteiger partial charge in [-0.05, 0) is 24.1 Å². The summed E-state index contributed by atoms with van der Waals surface area (Å²) in [5.74, 6) is 0. The minimum Gasteiger partial charge on any atom is -0.281 e. The Labute approximate surface area is 72.5 Å². The number of para-hydroxylation sites is 1. The monoisotopic (exact) mass is 159 g/mol. The summed E-state index contributed by atoms with van der Waals surface area (Å²) in [6, 6.07) is 8.85. The van der Waals surface area contributed by atoms with E-state index in [4.69, 9.17) is 0 Å². The van der Waals surface area contributed by atoms with E-state index in [-0.39, 0.29) is 0 Å². The Kier molecular flexibility index (Phi) is 1.94. The van der Waals surface area contributed by atoms with Crippen molar-refractivity contribution in [3.05, 3.63) is 34.8 Å². The molecule has 62 valence electrons. The van der Waals surface area contributed by atoms with Crippen LogP contribution in [0.2, 0.25) is 0 Å². The van der Waals surface area contributed by atoms with Crippen LogP contribution in [0.4, 0.5) is 0 Å². The molecule has 1 nitrogen and oxygen atoms in total. The first kappa shape index (κ1) is 7.53. The summed E-state index contributed by atoms with van der Waals surface area (Å²) in [6.07, 6.45) is 4.54. The van der Waals surface area contributed by atoms with Gasteiger partial charge in [0.1, 0.15) is 0 Å². The van der Waals surface area contributed by atoms with Crippen LogP contribution in [0.15, 0.2) is 29.3 Å². The van der Waals surface area contributed by atoms with Crippen molar-refractivity contribution in [3.8, 4) is 0 Å². The summed E-state index contributed by atoms with van der Waals surface area (Å²) in [7, 11) is 0. The smallest absolute Gasteiger partial charge is 0.0646 e. The third kappa shape index (κ3) is 1.27. The molecule has 1 aromatic rings. The summed E-state index contributed by atoms with van der Waals surface area (Å²) in [4.78, 5) is 4.63. The molecule has 1 atom stereocenters. The van der Waals surface area contributed by atoms with Crippen LogP contribution in [0.5, 0.6) is 0 Å². The lowest BCUT2D eigenvalue weighted by Crippen LogP contribution is -2.30. The Morgan fingerprint density at radius 3 is 3.08 bits per heavy atom. The molecule has 1 aromatic carbocycles. The molecule has 1 aliphatic heterocycles. The molecule has 0 N–H and O–H groups in total. The van der Waals surface area contributed by atoms with Crippen LogP contribution in [0.3, 0.4) is 0 Å². The van der Waals surface area contributed by atoms with Crippen LogP contribution in [0.1, 0.15) is 19.8 Å². The van der Waals surface area contributed by atoms with Crippen molar-refractivity contribution in [2.75, 3.05) is 0 Å². The molecule has 0 spiro atoms. The van der Waals surface area contributed by atoms with Gasteiger partial charge in [0, 0.05) is 0 Å². The van der Waals surface area contributed by atoms with Gasteiger partial charge in [-0.3, -0.25) is 4.99 Å². The van der Waals surface area contributed by atoms with Crippen molar-refractivity contribution in [2.24, 2.45) is 4.99 Å². The van der Waals surface area contributed by atoms with E-state index in [9.17, 15) is 0 Å². The molecule has 1 aliphatic rings. The molecule has 0 amide bonds. The zero-order chi connectivity index (χ0) is 8.39. The molecule has 0 bridgehead atoms. The van der Waals surface area contributed by atoms with Crippen LogP contribution in [-0.4, -0.2) is 6.04 Å². The van der Waals surface area contributed by atoms with Crippen molar-refractivity contribution < 1.29 is 0 Å². The maximum atomic E-state index is 4.63. The van der Waals surface area contributed by atoms with Crippen molar-refractivity contribution in [1.29, 1.82) is 0 Å². The van der Waals surface area contributed by atoms with Gasteiger partial charge in [0.2, 0.25) is 0 Å². The second kappa shape index (κ2) is 3.10. The first-order chi connectivity index (χ1) is 5.90. The first-order valence-corrected chi connectivity index (χ1v) is 4.53. The van der Waals surface area contributed by atoms with Gasteiger partial charge >= 0.3 is 0 Å². The van der Waals surface area contributed by atoms with E-state index in [0.717, 1.165) is 18.2 Å². The highest BCUT2D eigenvalue weighted by Crippen LogP contribution is 2.04. The van der Waals surface area contributed by atoms with Crippen molar-refractivity contribution in [1.82, 2.24) is 0 Å². The van der Waals surface area contributed by atoms with Gasteiger partial charge in [0.15, 0.2) is 0 Å². The molecule has 2 rings (SSSR count). The number of benzene rings is 1. The van der Waals surface area contributed by atoms with Crippen LogP contribution in [0.25, 0.3) is 6.08 Å². The molecule has 1 unspecified atom stereocenters. The van der Waals surface area contributed by atoms with Gasteiger partial charge in [-0.15, -0.1) is 0 Å². The van der Waals surface area contributed by atoms with Crippen molar-refractivity contribution in [3.63, 3.8) is 0 Å². The van der Waals surface area contributed by atoms with E-state index < -0.39 is 0 Å². The van der Waals surface area contributed by atoms with Crippen LogP contribution < -0.4 is 10.6 Å². The number of hydrogen-bond donors (Lipinski definition) is 0. The molecule has 0 aliphatic carbocycles. The SMILES string of the molecule is CCC1CC=c2ccccc2=N1. The maximum absolute atomic E-state index is 4.63. The molecule has 1 heteroatoms. The fourth-order valence-electron chi connectivity index (χ4n) is 1.55. The van der Waals surface area contributed by atoms with Gasteiger partial charge in [0.25, 0.3) is 0 Å². The maximum Gasteiger partial charge on any atom is 0.0646 e. The van der Waals surface area contributed by atoms with Gasteiger partial charge in [-0.2, -0.15) is 0 Å². The van der Waals surface area contributed by atoms with Crippen molar-refractivity contribution >= 4 is 6.08 Å². The number of fused-ring (bicyclic) bond motifs is 1. The molecule has 0 saturated carbocycles. The van der Waals surface area contributed by atoms with Gasteiger partial charge in [0.05, 0.1) is 11.4 Å². The number of rotatable bonds is 1. The molecular weight excluding hydrogens is 146 g/mol. The summed E-state index contributed by atoms with van der Waals surface area (Å²) in [5, 5.41) is 2.46. The first-order valence-electron chi connectivity index (χ1n) is 4.53. The van der Waals surface area contributed by atoms with Gasteiger partial charge < -0.3 is 0 Å². The third-order valence-corrected chi connectivity index (χ3v) is 2.34. The third-order valence-electron chi connectivity index (χ3n) is 2.34. The standard InChI is InChI=1S/C11H13N/c1-2-10-8-7-9-5-3-4-6-11(9)12-10/h3-7,10H,2,8H2,1H3. The fraction of sp³-hybridized carbons (Fsp3) is 0.364. The molecule has 0 radical (unpaired) electrons. The minimum absolute atomic E-state index is 0.514. The summed E-state index contributed by atoms with van der Waals surface area (Å²) >= 11 is 0. The van der Waals surface area contributed by atoms with E-state index in [0.29, 0.717) is 6.04 Å². The Morgan fingerprint density at radius 2 is 2.25 bits per heavy atom. The normalized spacial score (nSPS) is 20.6. The highest BCUT2D eigenvalue weighted by Gasteiger charge is 2.04. The van der Waals surface area contributed by atoms with Crippen LogP contribution >= 0.6 is 0 Å². The largest absolute Gasteiger partial charge is 0.281 e. The number of hydrogen-bond acceptors (Lipinski definition) is 1. The molecule has 0 fully saturated rings. The Hall–Kier alpha value is -1.11. The Bertz CT molecular complexity index is 378. The van der Waals surface area contributed by atoms with Crippen molar-refractivity contribution in [2.45, 2.75) is 25.8 Å². The van der Waals surface area contributed by atoms with E-state index in [1.165, 1.54) is 5.22 Å².